The summed E-state index contributed by atoms with van der Waals surface area (Å²) in [7, 11) is 0. The third-order valence-corrected chi connectivity index (χ3v) is 3.28. The number of carbonyl (C=O) groups is 3. The van der Waals surface area contributed by atoms with Gasteiger partial charge in [-0.3, -0.25) is 9.59 Å². The van der Waals surface area contributed by atoms with Gasteiger partial charge in [0, 0.05) is 24.6 Å². The molecule has 0 amide bonds. The first kappa shape index (κ1) is 22.2. The van der Waals surface area contributed by atoms with Gasteiger partial charge in [0.1, 0.15) is 11.3 Å². The van der Waals surface area contributed by atoms with Gasteiger partial charge in [0.25, 0.3) is 0 Å². The predicted octanol–water partition coefficient (Wildman–Crippen LogP) is 2.95. The van der Waals surface area contributed by atoms with Crippen molar-refractivity contribution in [1.29, 1.82) is 0 Å². The van der Waals surface area contributed by atoms with Crippen molar-refractivity contribution in [2.75, 3.05) is 5.73 Å². The van der Waals surface area contributed by atoms with Crippen LogP contribution in [-0.4, -0.2) is 38.3 Å². The smallest absolute Gasteiger partial charge is 0.339 e. The number of hydrogen-bond donors (Lipinski definition) is 5. The Morgan fingerprint density at radius 1 is 0.800 bits per heavy atom. The van der Waals surface area contributed by atoms with Gasteiger partial charge in [-0.15, -0.1) is 0 Å². The molecule has 1 aromatic rings. The number of anilines is 1. The quantitative estimate of drug-likeness (QED) is 0.316. The number of phenols is 1. The van der Waals surface area contributed by atoms with Crippen LogP contribution in [0.15, 0.2) is 18.2 Å². The molecule has 0 aliphatic carbocycles. The molecular formula is C17H25NO7. The van der Waals surface area contributed by atoms with E-state index >= 15 is 0 Å². The lowest BCUT2D eigenvalue weighted by Crippen LogP contribution is -1.97. The zero-order chi connectivity index (χ0) is 19.2. The molecule has 0 heterocycles. The average Bonchev–Trinajstić information content (AvgIpc) is 2.49. The molecule has 0 aliphatic heterocycles. The van der Waals surface area contributed by atoms with E-state index in [1.54, 1.807) is 0 Å². The fourth-order valence-electron chi connectivity index (χ4n) is 1.99. The van der Waals surface area contributed by atoms with Gasteiger partial charge in [0.05, 0.1) is 0 Å². The van der Waals surface area contributed by atoms with E-state index < -0.39 is 17.9 Å². The summed E-state index contributed by atoms with van der Waals surface area (Å²) < 4.78 is 0. The van der Waals surface area contributed by atoms with Crippen LogP contribution in [0.1, 0.15) is 61.7 Å². The standard InChI is InChI=1S/C10H18O4.C7H7NO3/c11-9(12)7-5-3-1-2-4-6-8-10(13)14;8-4-1-2-5(7(10)11)6(9)3-4/h1-8H2,(H,11,12)(H,13,14);1-3,9H,8H2,(H,10,11). The molecule has 0 aliphatic rings. The van der Waals surface area contributed by atoms with Crippen LogP contribution in [0, 0.1) is 0 Å². The Balaban J connectivity index is 0.000000472. The minimum atomic E-state index is -1.16. The lowest BCUT2D eigenvalue weighted by atomic mass is 10.1. The van der Waals surface area contributed by atoms with E-state index in [0.717, 1.165) is 38.5 Å². The Labute approximate surface area is 145 Å². The molecule has 1 rings (SSSR count). The lowest BCUT2D eigenvalue weighted by molar-refractivity contribution is -0.138. The average molecular weight is 355 g/mol. The monoisotopic (exact) mass is 355 g/mol. The molecule has 1 aromatic carbocycles. The van der Waals surface area contributed by atoms with Crippen molar-refractivity contribution in [3.63, 3.8) is 0 Å². The van der Waals surface area contributed by atoms with Crippen LogP contribution < -0.4 is 5.73 Å². The largest absolute Gasteiger partial charge is 0.507 e. The van der Waals surface area contributed by atoms with Crippen molar-refractivity contribution >= 4 is 23.6 Å². The van der Waals surface area contributed by atoms with Crippen molar-refractivity contribution in [3.8, 4) is 5.75 Å². The molecule has 0 saturated carbocycles. The molecule has 25 heavy (non-hydrogen) atoms. The maximum Gasteiger partial charge on any atom is 0.339 e. The minimum Gasteiger partial charge on any atom is -0.507 e. The number of carboxylic acids is 3. The number of unbranched alkanes of at least 4 members (excludes halogenated alkanes) is 5. The van der Waals surface area contributed by atoms with Gasteiger partial charge in [-0.2, -0.15) is 0 Å². The predicted molar refractivity (Wildman–Crippen MR) is 91.7 cm³/mol. The van der Waals surface area contributed by atoms with Gasteiger partial charge in [0.15, 0.2) is 0 Å². The van der Waals surface area contributed by atoms with Crippen LogP contribution in [0.5, 0.6) is 5.75 Å². The highest BCUT2D eigenvalue weighted by Gasteiger charge is 2.07. The summed E-state index contributed by atoms with van der Waals surface area (Å²) in [5.74, 6) is -2.95. The fraction of sp³-hybridized carbons (Fsp3) is 0.471. The molecule has 8 heteroatoms. The van der Waals surface area contributed by atoms with Crippen molar-refractivity contribution in [2.45, 2.75) is 51.4 Å². The summed E-state index contributed by atoms with van der Waals surface area (Å²) in [6.07, 6.45) is 5.82. The van der Waals surface area contributed by atoms with Crippen LogP contribution >= 0.6 is 0 Å². The van der Waals surface area contributed by atoms with Gasteiger partial charge in [0.2, 0.25) is 0 Å². The second-order valence-electron chi connectivity index (χ2n) is 5.49. The molecule has 0 unspecified atom stereocenters. The van der Waals surface area contributed by atoms with Crippen molar-refractivity contribution < 1.29 is 34.8 Å². The molecule has 0 aromatic heterocycles. The summed E-state index contributed by atoms with van der Waals surface area (Å²) in [5, 5.41) is 34.2. The summed E-state index contributed by atoms with van der Waals surface area (Å²) in [4.78, 5) is 30.6. The Bertz CT molecular complexity index is 552. The normalized spacial score (nSPS) is 9.76. The van der Waals surface area contributed by atoms with Crippen LogP contribution in [0.4, 0.5) is 5.69 Å². The summed E-state index contributed by atoms with van der Waals surface area (Å²) in [5.41, 5.74) is 5.48. The van der Waals surface area contributed by atoms with Gasteiger partial charge in [-0.25, -0.2) is 4.79 Å². The molecule has 140 valence electrons. The van der Waals surface area contributed by atoms with E-state index in [9.17, 15) is 14.4 Å². The number of nitrogens with two attached hydrogens (primary N) is 1. The van der Waals surface area contributed by atoms with E-state index in [2.05, 4.69) is 0 Å². The molecule has 8 nitrogen and oxygen atoms in total. The Kier molecular flexibility index (Phi) is 11.2. The van der Waals surface area contributed by atoms with E-state index in [4.69, 9.17) is 26.2 Å². The molecular weight excluding hydrogens is 330 g/mol. The van der Waals surface area contributed by atoms with Crippen molar-refractivity contribution in [1.82, 2.24) is 0 Å². The third-order valence-electron chi connectivity index (χ3n) is 3.28. The Morgan fingerprint density at radius 2 is 1.24 bits per heavy atom. The number of hydrogen-bond acceptors (Lipinski definition) is 5. The van der Waals surface area contributed by atoms with E-state index in [1.807, 2.05) is 0 Å². The zero-order valence-corrected chi connectivity index (χ0v) is 14.0. The maximum atomic E-state index is 10.3. The molecule has 0 atom stereocenters. The number of aromatic hydroxyl groups is 1. The SMILES string of the molecule is Nc1ccc(C(=O)O)c(O)c1.O=C(O)CCCCCCCCC(=O)O. The van der Waals surface area contributed by atoms with E-state index in [-0.39, 0.29) is 24.2 Å². The molecule has 6 N–H and O–H groups in total. The number of nitrogen functional groups attached to an aromatic ring is 1. The van der Waals surface area contributed by atoms with Crippen LogP contribution in [0.25, 0.3) is 0 Å². The number of carboxylic acid groups (broad SMARTS) is 3. The number of aliphatic carboxylic acids is 2. The van der Waals surface area contributed by atoms with Crippen LogP contribution in [-0.2, 0) is 9.59 Å². The maximum absolute atomic E-state index is 10.3. The first-order valence-electron chi connectivity index (χ1n) is 7.99. The second-order valence-corrected chi connectivity index (χ2v) is 5.49. The Hall–Kier alpha value is -2.77. The highest BCUT2D eigenvalue weighted by molar-refractivity contribution is 5.91. The van der Waals surface area contributed by atoms with Gasteiger partial charge >= 0.3 is 17.9 Å². The van der Waals surface area contributed by atoms with E-state index in [1.165, 1.54) is 18.2 Å². The molecule has 0 spiro atoms. The minimum absolute atomic E-state index is 0.140. The first-order chi connectivity index (χ1) is 11.7. The summed E-state index contributed by atoms with van der Waals surface area (Å²) in [6, 6.07) is 3.87. The first-order valence-corrected chi connectivity index (χ1v) is 7.99. The molecule has 0 radical (unpaired) electrons. The molecule has 0 saturated heterocycles. The van der Waals surface area contributed by atoms with E-state index in [0.29, 0.717) is 5.69 Å². The fourth-order valence-corrected chi connectivity index (χ4v) is 1.99. The summed E-state index contributed by atoms with van der Waals surface area (Å²) in [6.45, 7) is 0. The number of rotatable bonds is 10. The van der Waals surface area contributed by atoms with Gasteiger partial charge < -0.3 is 26.2 Å². The Morgan fingerprint density at radius 3 is 1.60 bits per heavy atom. The van der Waals surface area contributed by atoms with Gasteiger partial charge in [-0.05, 0) is 25.0 Å². The second kappa shape index (κ2) is 12.6. The van der Waals surface area contributed by atoms with Crippen LogP contribution in [0.3, 0.4) is 0 Å². The highest BCUT2D eigenvalue weighted by Crippen LogP contribution is 2.19. The van der Waals surface area contributed by atoms with Crippen molar-refractivity contribution in [2.24, 2.45) is 0 Å². The topological polar surface area (TPSA) is 158 Å². The number of benzene rings is 1. The van der Waals surface area contributed by atoms with Gasteiger partial charge in [-0.1, -0.05) is 25.7 Å². The third kappa shape index (κ3) is 12.3. The number of aromatic carboxylic acids is 1. The van der Waals surface area contributed by atoms with Crippen molar-refractivity contribution in [3.05, 3.63) is 23.8 Å². The lowest BCUT2D eigenvalue weighted by Gasteiger charge is -1.98. The van der Waals surface area contributed by atoms with Crippen LogP contribution in [0.2, 0.25) is 0 Å². The zero-order valence-electron chi connectivity index (χ0n) is 14.0. The molecule has 0 fully saturated rings. The molecule has 0 bridgehead atoms. The highest BCUT2D eigenvalue weighted by atomic mass is 16.4. The summed E-state index contributed by atoms with van der Waals surface area (Å²) >= 11 is 0.